The zero-order valence-electron chi connectivity index (χ0n) is 3.86. The number of hydrogen-bond acceptors (Lipinski definition) is 0. The Hall–Kier alpha value is -0.260. The van der Waals surface area contributed by atoms with Gasteiger partial charge in [-0.2, -0.15) is 0 Å². The van der Waals surface area contributed by atoms with Crippen molar-refractivity contribution in [3.63, 3.8) is 0 Å². The third-order valence-electron chi connectivity index (χ3n) is 0.471. The third kappa shape index (κ3) is 9.27. The first-order valence-electron chi connectivity index (χ1n) is 2.03. The maximum absolute atomic E-state index is 2.12. The summed E-state index contributed by atoms with van der Waals surface area (Å²) in [5.41, 5.74) is 0. The maximum Gasteiger partial charge on any atom is -0.0379 e. The molecule has 0 saturated carbocycles. The average Bonchev–Trinajstić information content (AvgIpc) is 1.41. The van der Waals surface area contributed by atoms with E-state index in [1.165, 1.54) is 0 Å². The Kier molecular flexibility index (Phi) is 13.6. The van der Waals surface area contributed by atoms with E-state index in [2.05, 4.69) is 19.1 Å². The normalized spacial score (nSPS) is 8.33. The van der Waals surface area contributed by atoms with E-state index in [0.717, 1.165) is 6.42 Å². The van der Waals surface area contributed by atoms with Crippen LogP contribution in [0.3, 0.4) is 0 Å². The molecule has 0 aromatic heterocycles. The molecule has 0 N–H and O–H groups in total. The molecule has 0 bridgehead atoms. The van der Waals surface area contributed by atoms with Crippen molar-refractivity contribution in [1.82, 2.24) is 0 Å². The Balaban J connectivity index is 0. The Morgan fingerprint density at radius 1 is 1.50 bits per heavy atom. The zero-order valence-corrected chi connectivity index (χ0v) is 3.86. The molecule has 38 valence electrons. The topological polar surface area (TPSA) is 0 Å². The predicted octanol–water partition coefficient (Wildman–Crippen LogP) is 2.61. The van der Waals surface area contributed by atoms with E-state index in [1.54, 1.807) is 0 Å². The van der Waals surface area contributed by atoms with Gasteiger partial charge in [-0.15, -0.1) is 0 Å². The molecular weight excluding hydrogens is 72.1 g/mol. The summed E-state index contributed by atoms with van der Waals surface area (Å²) >= 11 is 0. The van der Waals surface area contributed by atoms with Gasteiger partial charge in [-0.3, -0.25) is 0 Å². The van der Waals surface area contributed by atoms with Crippen molar-refractivity contribution < 1.29 is 0 Å². The molecule has 0 aliphatic heterocycles. The molecule has 0 radical (unpaired) electrons. The van der Waals surface area contributed by atoms with Crippen LogP contribution in [-0.4, -0.2) is 0 Å². The van der Waals surface area contributed by atoms with Crippen molar-refractivity contribution in [2.24, 2.45) is 0 Å². The van der Waals surface area contributed by atoms with Crippen LogP contribution in [0.2, 0.25) is 0 Å². The molecule has 0 atom stereocenters. The molecule has 0 rings (SSSR count). The number of allylic oxidation sites excluding steroid dienone is 2. The molecule has 0 aliphatic carbocycles. The van der Waals surface area contributed by atoms with Gasteiger partial charge in [0.2, 0.25) is 0 Å². The molecule has 0 aliphatic rings. The molecule has 0 amide bonds. The minimum absolute atomic E-state index is 0. The Morgan fingerprint density at radius 3 is 2.00 bits per heavy atom. The fourth-order valence-corrected chi connectivity index (χ4v) is 0.236. The van der Waals surface area contributed by atoms with Gasteiger partial charge in [-0.1, -0.05) is 26.5 Å². The molecule has 0 saturated heterocycles. The second kappa shape index (κ2) is 8.83. The summed E-state index contributed by atoms with van der Waals surface area (Å²) in [6.45, 7) is 4.16. The van der Waals surface area contributed by atoms with Gasteiger partial charge in [0, 0.05) is 0 Å². The molecule has 0 spiro atoms. The van der Waals surface area contributed by atoms with Gasteiger partial charge in [0.25, 0.3) is 0 Å². The second-order valence-electron chi connectivity index (χ2n) is 0.977. The lowest BCUT2D eigenvalue weighted by atomic mass is 10.4. The van der Waals surface area contributed by atoms with Gasteiger partial charge in [0.15, 0.2) is 0 Å². The molecule has 0 heteroatoms. The van der Waals surface area contributed by atoms with Gasteiger partial charge >= 0.3 is 0 Å². The first-order valence-corrected chi connectivity index (χ1v) is 2.03. The minimum atomic E-state index is 0. The summed E-state index contributed by atoms with van der Waals surface area (Å²) < 4.78 is 0. The summed E-state index contributed by atoms with van der Waals surface area (Å²) in [6, 6.07) is 0. The van der Waals surface area contributed by atoms with E-state index in [1.807, 2.05) is 6.92 Å². The molecule has 0 unspecified atom stereocenters. The largest absolute Gasteiger partial charge is 0.0917 e. The van der Waals surface area contributed by atoms with Crippen LogP contribution in [0.4, 0.5) is 0 Å². The molecule has 0 nitrogen and oxygen atoms in total. The van der Waals surface area contributed by atoms with Crippen molar-refractivity contribution in [3.8, 4) is 0 Å². The van der Waals surface area contributed by atoms with Crippen LogP contribution in [0.15, 0.2) is 12.2 Å². The lowest BCUT2D eigenvalue weighted by Gasteiger charge is -1.65. The maximum atomic E-state index is 2.12. The monoisotopic (exact) mass is 86.1 g/mol. The number of hydrogen-bond donors (Lipinski definition) is 0. The van der Waals surface area contributed by atoms with E-state index in [-0.39, 0.29) is 7.43 Å². The quantitative estimate of drug-likeness (QED) is 0.430. The van der Waals surface area contributed by atoms with Crippen molar-refractivity contribution in [2.45, 2.75) is 27.7 Å². The molecular formula is C6H14. The first kappa shape index (κ1) is 9.22. The lowest BCUT2D eigenvalue weighted by Crippen LogP contribution is -1.43. The lowest BCUT2D eigenvalue weighted by molar-refractivity contribution is 1.22. The van der Waals surface area contributed by atoms with Gasteiger partial charge in [0.05, 0.1) is 0 Å². The van der Waals surface area contributed by atoms with E-state index in [9.17, 15) is 0 Å². The van der Waals surface area contributed by atoms with E-state index in [0.29, 0.717) is 0 Å². The van der Waals surface area contributed by atoms with Gasteiger partial charge < -0.3 is 0 Å². The average molecular weight is 86.2 g/mol. The zero-order chi connectivity index (χ0) is 4.12. The minimum Gasteiger partial charge on any atom is -0.0917 e. The summed E-state index contributed by atoms with van der Waals surface area (Å²) in [5.74, 6) is 0. The molecule has 0 heterocycles. The van der Waals surface area contributed by atoms with Crippen LogP contribution >= 0.6 is 0 Å². The number of rotatable bonds is 1. The standard InChI is InChI=1S/C5H10.CH4/c1-3-5-4-2;/h3,5H,4H2,1-2H3;1H4. The van der Waals surface area contributed by atoms with Crippen LogP contribution in [0.25, 0.3) is 0 Å². The van der Waals surface area contributed by atoms with Gasteiger partial charge in [-0.05, 0) is 13.3 Å². The Morgan fingerprint density at radius 2 is 2.00 bits per heavy atom. The Labute approximate surface area is 40.9 Å². The van der Waals surface area contributed by atoms with E-state index in [4.69, 9.17) is 0 Å². The second-order valence-corrected chi connectivity index (χ2v) is 0.977. The fourth-order valence-electron chi connectivity index (χ4n) is 0.236. The molecule has 6 heavy (non-hydrogen) atoms. The van der Waals surface area contributed by atoms with E-state index >= 15 is 0 Å². The summed E-state index contributed by atoms with van der Waals surface area (Å²) in [7, 11) is 0. The van der Waals surface area contributed by atoms with Gasteiger partial charge in [-0.25, -0.2) is 0 Å². The van der Waals surface area contributed by atoms with Gasteiger partial charge in [0.1, 0.15) is 0 Å². The highest BCUT2D eigenvalue weighted by Crippen LogP contribution is 1.73. The van der Waals surface area contributed by atoms with Crippen molar-refractivity contribution in [3.05, 3.63) is 12.2 Å². The van der Waals surface area contributed by atoms with Crippen LogP contribution in [0.1, 0.15) is 27.7 Å². The van der Waals surface area contributed by atoms with Crippen molar-refractivity contribution in [2.75, 3.05) is 0 Å². The highest BCUT2D eigenvalue weighted by Gasteiger charge is 1.52. The smallest absolute Gasteiger partial charge is 0.0379 e. The highest BCUT2D eigenvalue weighted by molar-refractivity contribution is 4.73. The predicted molar refractivity (Wildman–Crippen MR) is 31.8 cm³/mol. The van der Waals surface area contributed by atoms with Crippen LogP contribution in [0, 0.1) is 0 Å². The fraction of sp³-hybridized carbons (Fsp3) is 0.667. The van der Waals surface area contributed by atoms with E-state index < -0.39 is 0 Å². The Bertz CT molecular complexity index is 27.0. The highest BCUT2D eigenvalue weighted by atomic mass is 13.6. The van der Waals surface area contributed by atoms with Crippen LogP contribution in [0.5, 0.6) is 0 Å². The summed E-state index contributed by atoms with van der Waals surface area (Å²) in [5, 5.41) is 0. The first-order chi connectivity index (χ1) is 2.41. The van der Waals surface area contributed by atoms with Crippen LogP contribution < -0.4 is 0 Å². The molecule has 0 aromatic rings. The molecule has 0 aromatic carbocycles. The van der Waals surface area contributed by atoms with Crippen molar-refractivity contribution in [1.29, 1.82) is 0 Å². The van der Waals surface area contributed by atoms with Crippen LogP contribution in [-0.2, 0) is 0 Å². The summed E-state index contributed by atoms with van der Waals surface area (Å²) in [6.07, 6.45) is 5.34. The molecule has 0 fully saturated rings. The third-order valence-corrected chi connectivity index (χ3v) is 0.471. The van der Waals surface area contributed by atoms with Crippen molar-refractivity contribution >= 4 is 0 Å². The SMILES string of the molecule is C.CC=CCC. The summed E-state index contributed by atoms with van der Waals surface area (Å²) in [4.78, 5) is 0.